The standard InChI is InChI=1S/C24H20N4/c1-16-13-19(18-7-5-4-6-8-18)11-12-22(16)28-17(2)27(3)23-20(14-25)9-10-21(15-26)24(23)28/h4-13,17H,1-3H3/t17-/m0/s1. The zero-order chi connectivity index (χ0) is 19.8. The van der Waals surface area contributed by atoms with E-state index >= 15 is 0 Å². The Morgan fingerprint density at radius 2 is 1.46 bits per heavy atom. The van der Waals surface area contributed by atoms with Gasteiger partial charge in [-0.3, -0.25) is 0 Å². The third-order valence-electron chi connectivity index (χ3n) is 5.48. The van der Waals surface area contributed by atoms with Gasteiger partial charge in [-0.15, -0.1) is 0 Å². The number of anilines is 3. The molecule has 4 heteroatoms. The molecular weight excluding hydrogens is 344 g/mol. The Hall–Kier alpha value is -3.76. The van der Waals surface area contributed by atoms with E-state index in [9.17, 15) is 10.5 Å². The highest BCUT2D eigenvalue weighted by Crippen LogP contribution is 2.48. The second-order valence-corrected chi connectivity index (χ2v) is 7.06. The number of fused-ring (bicyclic) bond motifs is 1. The lowest BCUT2D eigenvalue weighted by atomic mass is 10.0. The monoisotopic (exact) mass is 364 g/mol. The molecule has 0 saturated heterocycles. The van der Waals surface area contributed by atoms with Crippen molar-refractivity contribution >= 4 is 17.1 Å². The maximum atomic E-state index is 9.69. The molecule has 0 unspecified atom stereocenters. The van der Waals surface area contributed by atoms with Crippen molar-refractivity contribution in [3.8, 4) is 23.3 Å². The molecule has 0 saturated carbocycles. The molecule has 0 aromatic heterocycles. The Balaban J connectivity index is 1.88. The van der Waals surface area contributed by atoms with E-state index in [1.807, 2.05) is 25.2 Å². The SMILES string of the molecule is Cc1cc(-c2ccccc2)ccc1N1c2c(C#N)ccc(C#N)c2N(C)[C@@H]1C. The molecule has 1 aliphatic heterocycles. The summed E-state index contributed by atoms with van der Waals surface area (Å²) in [6.07, 6.45) is -0.00197. The quantitative estimate of drug-likeness (QED) is 0.616. The van der Waals surface area contributed by atoms with Crippen molar-refractivity contribution in [3.63, 3.8) is 0 Å². The minimum atomic E-state index is -0.00197. The van der Waals surface area contributed by atoms with E-state index in [1.54, 1.807) is 12.1 Å². The molecule has 0 radical (unpaired) electrons. The van der Waals surface area contributed by atoms with Gasteiger partial charge in [0.25, 0.3) is 0 Å². The predicted octanol–water partition coefficient (Wildman–Crippen LogP) is 5.34. The number of nitrogens with zero attached hydrogens (tertiary/aromatic N) is 4. The van der Waals surface area contributed by atoms with Gasteiger partial charge in [0.05, 0.1) is 22.5 Å². The maximum Gasteiger partial charge on any atom is 0.103 e. The molecule has 0 fully saturated rings. The van der Waals surface area contributed by atoms with Gasteiger partial charge in [-0.05, 0) is 54.8 Å². The van der Waals surface area contributed by atoms with Crippen LogP contribution in [-0.2, 0) is 0 Å². The lowest BCUT2D eigenvalue weighted by molar-refractivity contribution is 0.732. The van der Waals surface area contributed by atoms with Crippen LogP contribution in [0.25, 0.3) is 11.1 Å². The number of nitriles is 2. The smallest absolute Gasteiger partial charge is 0.103 e. The predicted molar refractivity (Wildman–Crippen MR) is 112 cm³/mol. The van der Waals surface area contributed by atoms with E-state index in [-0.39, 0.29) is 6.17 Å². The first-order valence-corrected chi connectivity index (χ1v) is 9.22. The summed E-state index contributed by atoms with van der Waals surface area (Å²) in [4.78, 5) is 4.23. The van der Waals surface area contributed by atoms with Crippen LogP contribution in [0, 0.1) is 29.6 Å². The van der Waals surface area contributed by atoms with E-state index in [0.29, 0.717) is 11.1 Å². The van der Waals surface area contributed by atoms with Crippen molar-refractivity contribution in [1.29, 1.82) is 10.5 Å². The first kappa shape index (κ1) is 17.6. The van der Waals surface area contributed by atoms with E-state index in [1.165, 1.54) is 5.56 Å². The van der Waals surface area contributed by atoms with Crippen LogP contribution < -0.4 is 9.80 Å². The molecule has 4 rings (SSSR count). The number of benzene rings is 3. The van der Waals surface area contributed by atoms with Gasteiger partial charge in [-0.1, -0.05) is 36.4 Å². The molecule has 4 nitrogen and oxygen atoms in total. The third kappa shape index (κ3) is 2.59. The molecule has 0 amide bonds. The zero-order valence-corrected chi connectivity index (χ0v) is 16.1. The molecule has 136 valence electrons. The number of rotatable bonds is 2. The number of hydrogen-bond acceptors (Lipinski definition) is 4. The Morgan fingerprint density at radius 3 is 2.07 bits per heavy atom. The highest BCUT2D eigenvalue weighted by atomic mass is 15.4. The van der Waals surface area contributed by atoms with Crippen molar-refractivity contribution in [3.05, 3.63) is 77.4 Å². The van der Waals surface area contributed by atoms with Gasteiger partial charge >= 0.3 is 0 Å². The molecule has 1 aliphatic rings. The van der Waals surface area contributed by atoms with Gasteiger partial charge in [0.1, 0.15) is 18.3 Å². The molecule has 0 N–H and O–H groups in total. The summed E-state index contributed by atoms with van der Waals surface area (Å²) >= 11 is 0. The largest absolute Gasteiger partial charge is 0.351 e. The summed E-state index contributed by atoms with van der Waals surface area (Å²) in [5, 5.41) is 19.3. The van der Waals surface area contributed by atoms with Crippen LogP contribution in [0.15, 0.2) is 60.7 Å². The van der Waals surface area contributed by atoms with E-state index in [2.05, 4.69) is 66.1 Å². The van der Waals surface area contributed by atoms with Crippen LogP contribution in [-0.4, -0.2) is 13.2 Å². The maximum absolute atomic E-state index is 9.69. The summed E-state index contributed by atoms with van der Waals surface area (Å²) in [6, 6.07) is 24.7. The van der Waals surface area contributed by atoms with Crippen LogP contribution in [0.5, 0.6) is 0 Å². The zero-order valence-electron chi connectivity index (χ0n) is 16.1. The number of hydrogen-bond donors (Lipinski definition) is 0. The lowest BCUT2D eigenvalue weighted by Crippen LogP contribution is -2.36. The van der Waals surface area contributed by atoms with Crippen LogP contribution >= 0.6 is 0 Å². The average molecular weight is 364 g/mol. The summed E-state index contributed by atoms with van der Waals surface area (Å²) in [7, 11) is 1.97. The van der Waals surface area contributed by atoms with Gasteiger partial charge in [0.2, 0.25) is 0 Å². The Kier molecular flexibility index (Phi) is 4.26. The first-order chi connectivity index (χ1) is 13.6. The Labute approximate surface area is 165 Å². The first-order valence-electron chi connectivity index (χ1n) is 9.22. The van der Waals surface area contributed by atoms with Crippen LogP contribution in [0.2, 0.25) is 0 Å². The normalized spacial score (nSPS) is 15.1. The molecule has 3 aromatic rings. The summed E-state index contributed by atoms with van der Waals surface area (Å²) < 4.78 is 0. The Morgan fingerprint density at radius 1 is 0.821 bits per heavy atom. The lowest BCUT2D eigenvalue weighted by Gasteiger charge is -2.29. The molecule has 28 heavy (non-hydrogen) atoms. The molecule has 1 atom stereocenters. The molecule has 3 aromatic carbocycles. The summed E-state index contributed by atoms with van der Waals surface area (Å²) in [5.74, 6) is 0. The summed E-state index contributed by atoms with van der Waals surface area (Å²) in [6.45, 7) is 4.18. The van der Waals surface area contributed by atoms with Crippen molar-refractivity contribution in [2.75, 3.05) is 16.8 Å². The van der Waals surface area contributed by atoms with Crippen LogP contribution in [0.1, 0.15) is 23.6 Å². The van der Waals surface area contributed by atoms with Gasteiger partial charge in [0, 0.05) is 12.7 Å². The minimum absolute atomic E-state index is 0.00197. The second-order valence-electron chi connectivity index (χ2n) is 7.06. The Bertz CT molecular complexity index is 1140. The fourth-order valence-electron chi connectivity index (χ4n) is 3.97. The molecule has 1 heterocycles. The fourth-order valence-corrected chi connectivity index (χ4v) is 3.97. The fraction of sp³-hybridized carbons (Fsp3) is 0.167. The van der Waals surface area contributed by atoms with E-state index in [4.69, 9.17) is 0 Å². The van der Waals surface area contributed by atoms with Crippen molar-refractivity contribution in [2.24, 2.45) is 0 Å². The molecular formula is C24H20N4. The van der Waals surface area contributed by atoms with E-state index in [0.717, 1.165) is 28.2 Å². The van der Waals surface area contributed by atoms with Crippen LogP contribution in [0.4, 0.5) is 17.1 Å². The minimum Gasteiger partial charge on any atom is -0.351 e. The third-order valence-corrected chi connectivity index (χ3v) is 5.48. The van der Waals surface area contributed by atoms with Gasteiger partial charge in [0.15, 0.2) is 0 Å². The highest BCUT2D eigenvalue weighted by molar-refractivity contribution is 5.91. The summed E-state index contributed by atoms with van der Waals surface area (Å²) in [5.41, 5.74) is 7.31. The van der Waals surface area contributed by atoms with Gasteiger partial charge in [-0.25, -0.2) is 0 Å². The van der Waals surface area contributed by atoms with Crippen molar-refractivity contribution in [1.82, 2.24) is 0 Å². The molecule has 0 bridgehead atoms. The molecule has 0 spiro atoms. The van der Waals surface area contributed by atoms with E-state index < -0.39 is 0 Å². The average Bonchev–Trinajstić information content (AvgIpc) is 2.99. The van der Waals surface area contributed by atoms with Gasteiger partial charge in [-0.2, -0.15) is 10.5 Å². The second kappa shape index (κ2) is 6.76. The topological polar surface area (TPSA) is 54.1 Å². The highest BCUT2D eigenvalue weighted by Gasteiger charge is 2.36. The van der Waals surface area contributed by atoms with Crippen LogP contribution in [0.3, 0.4) is 0 Å². The van der Waals surface area contributed by atoms with Gasteiger partial charge < -0.3 is 9.80 Å². The van der Waals surface area contributed by atoms with Crippen molar-refractivity contribution < 1.29 is 0 Å². The number of aryl methyl sites for hydroxylation is 1. The van der Waals surface area contributed by atoms with Crippen molar-refractivity contribution in [2.45, 2.75) is 20.0 Å². The molecule has 0 aliphatic carbocycles.